The quantitative estimate of drug-likeness (QED) is 0.895. The molecule has 0 unspecified atom stereocenters. The smallest absolute Gasteiger partial charge is 0.239 e. The van der Waals surface area contributed by atoms with Gasteiger partial charge in [0.05, 0.1) is 11.8 Å². The zero-order valence-corrected chi connectivity index (χ0v) is 11.7. The molecule has 1 aromatic rings. The second-order valence-electron chi connectivity index (χ2n) is 5.80. The third kappa shape index (κ3) is 2.52. The van der Waals surface area contributed by atoms with Crippen molar-refractivity contribution in [3.05, 3.63) is 12.1 Å². The molecule has 0 bridgehead atoms. The maximum Gasteiger partial charge on any atom is 0.239 e. The van der Waals surface area contributed by atoms with Crippen LogP contribution in [-0.4, -0.2) is 23.2 Å². The third-order valence-corrected chi connectivity index (χ3v) is 3.40. The lowest BCUT2D eigenvalue weighted by Crippen LogP contribution is -2.38. The van der Waals surface area contributed by atoms with Gasteiger partial charge < -0.3 is 15.4 Å². The van der Waals surface area contributed by atoms with Gasteiger partial charge in [0, 0.05) is 12.1 Å². The van der Waals surface area contributed by atoms with E-state index < -0.39 is 0 Å². The normalized spacial score (nSPS) is 18.4. The number of nitrogens with two attached hydrogens (primary N) is 1. The van der Waals surface area contributed by atoms with Crippen LogP contribution in [0.15, 0.2) is 12.1 Å². The second-order valence-corrected chi connectivity index (χ2v) is 5.80. The summed E-state index contributed by atoms with van der Waals surface area (Å²) in [6.45, 7) is 9.51. The van der Waals surface area contributed by atoms with Gasteiger partial charge in [-0.2, -0.15) is 4.98 Å². The predicted molar refractivity (Wildman–Crippen MR) is 75.1 cm³/mol. The Morgan fingerprint density at radius 2 is 2.11 bits per heavy atom. The molecule has 2 N–H and O–H groups in total. The Morgan fingerprint density at radius 1 is 1.39 bits per heavy atom. The molecule has 0 saturated carbocycles. The lowest BCUT2D eigenvalue weighted by atomic mass is 10.0. The van der Waals surface area contributed by atoms with E-state index in [-0.39, 0.29) is 11.6 Å². The number of anilines is 2. The van der Waals surface area contributed by atoms with E-state index in [0.717, 1.165) is 12.4 Å². The molecular formula is C14H23N3O. The van der Waals surface area contributed by atoms with Crippen LogP contribution in [0.2, 0.25) is 0 Å². The molecule has 1 fully saturated rings. The average Bonchev–Trinajstić information content (AvgIpc) is 2.61. The largest absolute Gasteiger partial charge is 0.473 e. The molecule has 0 aliphatic carbocycles. The minimum Gasteiger partial charge on any atom is -0.473 e. The molecule has 18 heavy (non-hydrogen) atoms. The SMILES string of the molecule is CC(C)Oc1nc(N2CCCC2(C)C)ccc1N. The van der Waals surface area contributed by atoms with Crippen molar-refractivity contribution in [2.75, 3.05) is 17.2 Å². The van der Waals surface area contributed by atoms with Crippen LogP contribution in [0.4, 0.5) is 11.5 Å². The van der Waals surface area contributed by atoms with Crippen molar-refractivity contribution < 1.29 is 4.74 Å². The van der Waals surface area contributed by atoms with Crippen LogP contribution in [-0.2, 0) is 0 Å². The van der Waals surface area contributed by atoms with Gasteiger partial charge in [-0.25, -0.2) is 0 Å². The van der Waals surface area contributed by atoms with Gasteiger partial charge >= 0.3 is 0 Å². The van der Waals surface area contributed by atoms with E-state index >= 15 is 0 Å². The van der Waals surface area contributed by atoms with Gasteiger partial charge in [0.15, 0.2) is 0 Å². The Bertz CT molecular complexity index is 429. The molecule has 0 radical (unpaired) electrons. The Hall–Kier alpha value is -1.45. The Labute approximate surface area is 109 Å². The van der Waals surface area contributed by atoms with Crippen LogP contribution < -0.4 is 15.4 Å². The first-order chi connectivity index (χ1) is 8.40. The van der Waals surface area contributed by atoms with E-state index in [1.165, 1.54) is 12.8 Å². The molecule has 2 heterocycles. The summed E-state index contributed by atoms with van der Waals surface area (Å²) < 4.78 is 5.65. The number of nitrogens with zero attached hydrogens (tertiary/aromatic N) is 2. The minimum absolute atomic E-state index is 0.0849. The van der Waals surface area contributed by atoms with Crippen molar-refractivity contribution >= 4 is 11.5 Å². The molecule has 100 valence electrons. The molecule has 1 aromatic heterocycles. The summed E-state index contributed by atoms with van der Waals surface area (Å²) in [5, 5.41) is 0. The van der Waals surface area contributed by atoms with Crippen molar-refractivity contribution in [1.82, 2.24) is 4.98 Å². The van der Waals surface area contributed by atoms with Crippen molar-refractivity contribution in [3.8, 4) is 5.88 Å². The van der Waals surface area contributed by atoms with Gasteiger partial charge in [-0.1, -0.05) is 0 Å². The monoisotopic (exact) mass is 249 g/mol. The molecule has 1 saturated heterocycles. The first kappa shape index (κ1) is 13.0. The van der Waals surface area contributed by atoms with E-state index in [0.29, 0.717) is 11.6 Å². The zero-order chi connectivity index (χ0) is 13.3. The van der Waals surface area contributed by atoms with Gasteiger partial charge in [0.25, 0.3) is 0 Å². The molecule has 0 spiro atoms. The maximum atomic E-state index is 5.90. The summed E-state index contributed by atoms with van der Waals surface area (Å²) >= 11 is 0. The molecule has 0 amide bonds. The van der Waals surface area contributed by atoms with Crippen molar-refractivity contribution in [3.63, 3.8) is 0 Å². The first-order valence-electron chi connectivity index (χ1n) is 6.61. The van der Waals surface area contributed by atoms with Gasteiger partial charge in [-0.3, -0.25) is 0 Å². The minimum atomic E-state index is 0.0849. The van der Waals surface area contributed by atoms with E-state index in [4.69, 9.17) is 10.5 Å². The van der Waals surface area contributed by atoms with Crippen LogP contribution in [0.1, 0.15) is 40.5 Å². The number of rotatable bonds is 3. The van der Waals surface area contributed by atoms with Crippen molar-refractivity contribution in [2.24, 2.45) is 0 Å². The molecule has 4 nitrogen and oxygen atoms in total. The van der Waals surface area contributed by atoms with Crippen molar-refractivity contribution in [2.45, 2.75) is 52.2 Å². The van der Waals surface area contributed by atoms with Crippen LogP contribution in [0.25, 0.3) is 0 Å². The lowest BCUT2D eigenvalue weighted by molar-refractivity contribution is 0.234. The fourth-order valence-electron chi connectivity index (χ4n) is 2.44. The van der Waals surface area contributed by atoms with Gasteiger partial charge in [0.1, 0.15) is 5.82 Å². The predicted octanol–water partition coefficient (Wildman–Crippen LogP) is 2.83. The van der Waals surface area contributed by atoms with E-state index in [1.807, 2.05) is 26.0 Å². The summed E-state index contributed by atoms with van der Waals surface area (Å²) in [5.74, 6) is 1.51. The molecule has 0 aromatic carbocycles. The summed E-state index contributed by atoms with van der Waals surface area (Å²) in [5.41, 5.74) is 6.66. The molecule has 1 aliphatic heterocycles. The summed E-state index contributed by atoms with van der Waals surface area (Å²) in [4.78, 5) is 6.90. The second kappa shape index (κ2) is 4.67. The van der Waals surface area contributed by atoms with Gasteiger partial charge in [-0.15, -0.1) is 0 Å². The van der Waals surface area contributed by atoms with Gasteiger partial charge in [-0.05, 0) is 52.7 Å². The Balaban J connectivity index is 2.29. The molecule has 2 rings (SSSR count). The highest BCUT2D eigenvalue weighted by molar-refractivity contribution is 5.55. The highest BCUT2D eigenvalue weighted by Gasteiger charge is 2.33. The Kier molecular flexibility index (Phi) is 3.37. The van der Waals surface area contributed by atoms with Crippen LogP contribution in [0.5, 0.6) is 5.88 Å². The van der Waals surface area contributed by atoms with E-state index in [1.54, 1.807) is 0 Å². The third-order valence-electron chi connectivity index (χ3n) is 3.40. The fourth-order valence-corrected chi connectivity index (χ4v) is 2.44. The van der Waals surface area contributed by atoms with E-state index in [2.05, 4.69) is 23.7 Å². The number of hydrogen-bond acceptors (Lipinski definition) is 4. The maximum absolute atomic E-state index is 5.90. The number of ether oxygens (including phenoxy) is 1. The van der Waals surface area contributed by atoms with Gasteiger partial charge in [0.2, 0.25) is 5.88 Å². The molecule has 0 atom stereocenters. The lowest BCUT2D eigenvalue weighted by Gasteiger charge is -2.33. The highest BCUT2D eigenvalue weighted by Crippen LogP contribution is 2.34. The highest BCUT2D eigenvalue weighted by atomic mass is 16.5. The molecule has 1 aliphatic rings. The standard InChI is InChI=1S/C14H23N3O/c1-10(2)18-13-11(15)6-7-12(16-13)17-9-5-8-14(17,3)4/h6-7,10H,5,8-9,15H2,1-4H3. The number of hydrogen-bond donors (Lipinski definition) is 1. The average molecular weight is 249 g/mol. The summed E-state index contributed by atoms with van der Waals surface area (Å²) in [7, 11) is 0. The molecule has 4 heteroatoms. The Morgan fingerprint density at radius 3 is 2.67 bits per heavy atom. The van der Waals surface area contributed by atoms with Crippen LogP contribution in [0, 0.1) is 0 Å². The van der Waals surface area contributed by atoms with Crippen LogP contribution >= 0.6 is 0 Å². The zero-order valence-electron chi connectivity index (χ0n) is 11.7. The summed E-state index contributed by atoms with van der Waals surface area (Å²) in [6.07, 6.45) is 2.49. The number of nitrogen functional groups attached to an aromatic ring is 1. The van der Waals surface area contributed by atoms with Crippen molar-refractivity contribution in [1.29, 1.82) is 0 Å². The summed E-state index contributed by atoms with van der Waals surface area (Å²) in [6, 6.07) is 3.87. The fraction of sp³-hybridized carbons (Fsp3) is 0.643. The van der Waals surface area contributed by atoms with Crippen LogP contribution in [0.3, 0.4) is 0 Å². The molecular weight excluding hydrogens is 226 g/mol. The number of pyridine rings is 1. The first-order valence-corrected chi connectivity index (χ1v) is 6.61. The van der Waals surface area contributed by atoms with E-state index in [9.17, 15) is 0 Å². The number of aromatic nitrogens is 1. The topological polar surface area (TPSA) is 51.4 Å².